The zero-order valence-electron chi connectivity index (χ0n) is 11.2. The molecule has 0 spiro atoms. The van der Waals surface area contributed by atoms with Gasteiger partial charge in [0.05, 0.1) is 17.4 Å². The van der Waals surface area contributed by atoms with Crippen LogP contribution in [0.3, 0.4) is 0 Å². The maximum absolute atomic E-state index is 12.1. The summed E-state index contributed by atoms with van der Waals surface area (Å²) in [4.78, 5) is 29.8. The van der Waals surface area contributed by atoms with E-state index in [1.54, 1.807) is 0 Å². The molecule has 0 fully saturated rings. The van der Waals surface area contributed by atoms with E-state index < -0.39 is 17.6 Å². The molecule has 6 N–H and O–H groups in total. The zero-order chi connectivity index (χ0) is 14.7. The highest BCUT2D eigenvalue weighted by molar-refractivity contribution is 5.86. The van der Waals surface area contributed by atoms with E-state index in [0.29, 0.717) is 11.4 Å². The van der Waals surface area contributed by atoms with Gasteiger partial charge in [0.2, 0.25) is 5.65 Å². The Kier molecular flexibility index (Phi) is 2.87. The molecule has 1 unspecified atom stereocenters. The lowest BCUT2D eigenvalue weighted by Gasteiger charge is -2.08. The van der Waals surface area contributed by atoms with Crippen LogP contribution in [0.4, 0.5) is 0 Å². The molecule has 3 aromatic rings. The van der Waals surface area contributed by atoms with Gasteiger partial charge in [0.15, 0.2) is 5.69 Å². The molecule has 0 radical (unpaired) electrons. The first kappa shape index (κ1) is 14.0. The predicted molar refractivity (Wildman–Crippen MR) is 77.9 cm³/mol. The average Bonchev–Trinajstić information content (AvgIpc) is 3.01. The fourth-order valence-electron chi connectivity index (χ4n) is 2.83. The van der Waals surface area contributed by atoms with Crippen molar-refractivity contribution in [2.24, 2.45) is 5.73 Å². The summed E-state index contributed by atoms with van der Waals surface area (Å²) in [6.07, 6.45) is 1.33. The molecule has 1 aliphatic carbocycles. The minimum atomic E-state index is -1.18. The van der Waals surface area contributed by atoms with Crippen LogP contribution in [-0.4, -0.2) is 30.9 Å². The molecule has 2 heterocycles. The lowest BCUT2D eigenvalue weighted by molar-refractivity contribution is 0.0691. The maximum atomic E-state index is 12.1. The van der Waals surface area contributed by atoms with Crippen molar-refractivity contribution in [2.75, 3.05) is 0 Å². The minimum Gasteiger partial charge on any atom is -0.476 e. The number of fused-ring (bicyclic) bond motifs is 5. The summed E-state index contributed by atoms with van der Waals surface area (Å²) in [6, 6.07) is 7.05. The Hall–Kier alpha value is -2.97. The van der Waals surface area contributed by atoms with E-state index in [4.69, 9.17) is 10.8 Å². The van der Waals surface area contributed by atoms with Gasteiger partial charge in [-0.1, -0.05) is 24.3 Å². The number of hydrogen-bond donors (Lipinski definition) is 3. The molecule has 1 atom stereocenters. The number of nitrogens with two attached hydrogens (primary N) is 1. The molecule has 0 saturated heterocycles. The SMILES string of the molecule is NC1c2ccccc2-c2[nH]c(=O)c3nc(C(=O)O)cn3c21.O. The lowest BCUT2D eigenvalue weighted by Crippen LogP contribution is -2.18. The van der Waals surface area contributed by atoms with E-state index in [1.165, 1.54) is 10.6 Å². The number of carbonyl (C=O) groups is 1. The van der Waals surface area contributed by atoms with Crippen LogP contribution in [0.25, 0.3) is 16.9 Å². The van der Waals surface area contributed by atoms with E-state index in [9.17, 15) is 9.59 Å². The third-order valence-electron chi connectivity index (χ3n) is 3.74. The van der Waals surface area contributed by atoms with Gasteiger partial charge in [-0.3, -0.25) is 9.20 Å². The van der Waals surface area contributed by atoms with E-state index in [0.717, 1.165) is 11.1 Å². The smallest absolute Gasteiger partial charge is 0.356 e. The van der Waals surface area contributed by atoms with Crippen LogP contribution in [0.1, 0.15) is 27.8 Å². The van der Waals surface area contributed by atoms with Crippen LogP contribution in [0.15, 0.2) is 35.3 Å². The van der Waals surface area contributed by atoms with Gasteiger partial charge in [0.25, 0.3) is 5.56 Å². The van der Waals surface area contributed by atoms with E-state index in [2.05, 4.69) is 9.97 Å². The Bertz CT molecular complexity index is 973. The van der Waals surface area contributed by atoms with Crippen LogP contribution in [0.2, 0.25) is 0 Å². The van der Waals surface area contributed by atoms with Crippen molar-refractivity contribution in [3.05, 3.63) is 57.8 Å². The number of imidazole rings is 1. The number of carboxylic acid groups (broad SMARTS) is 1. The highest BCUT2D eigenvalue weighted by Gasteiger charge is 2.30. The molecule has 8 heteroatoms. The highest BCUT2D eigenvalue weighted by atomic mass is 16.4. The van der Waals surface area contributed by atoms with Crippen molar-refractivity contribution >= 4 is 11.6 Å². The van der Waals surface area contributed by atoms with Crippen LogP contribution < -0.4 is 11.3 Å². The number of H-pyrrole nitrogens is 1. The number of benzene rings is 1. The molecule has 2 aromatic heterocycles. The number of aromatic carboxylic acids is 1. The van der Waals surface area contributed by atoms with Crippen molar-refractivity contribution in [3.8, 4) is 11.3 Å². The first-order valence-electron chi connectivity index (χ1n) is 6.31. The van der Waals surface area contributed by atoms with Crippen LogP contribution in [-0.2, 0) is 0 Å². The summed E-state index contributed by atoms with van der Waals surface area (Å²) in [5.74, 6) is -1.18. The number of carboxylic acids is 1. The summed E-state index contributed by atoms with van der Waals surface area (Å²) in [5.41, 5.74) is 8.66. The molecular weight excluding hydrogens is 288 g/mol. The minimum absolute atomic E-state index is 0. The molecular formula is C14H12N4O4. The second-order valence-electron chi connectivity index (χ2n) is 4.90. The molecule has 0 bridgehead atoms. The normalized spacial score (nSPS) is 15.2. The first-order valence-corrected chi connectivity index (χ1v) is 6.31. The monoisotopic (exact) mass is 300 g/mol. The van der Waals surface area contributed by atoms with Gasteiger partial charge in [-0.2, -0.15) is 0 Å². The predicted octanol–water partition coefficient (Wildman–Crippen LogP) is -0.0754. The summed E-state index contributed by atoms with van der Waals surface area (Å²) >= 11 is 0. The largest absolute Gasteiger partial charge is 0.476 e. The number of nitrogens with zero attached hydrogens (tertiary/aromatic N) is 2. The van der Waals surface area contributed by atoms with Gasteiger partial charge < -0.3 is 21.3 Å². The summed E-state index contributed by atoms with van der Waals surface area (Å²) in [5, 5.41) is 9.05. The lowest BCUT2D eigenvalue weighted by atomic mass is 10.1. The summed E-state index contributed by atoms with van der Waals surface area (Å²) < 4.78 is 1.47. The van der Waals surface area contributed by atoms with Crippen LogP contribution in [0.5, 0.6) is 0 Å². The van der Waals surface area contributed by atoms with E-state index in [-0.39, 0.29) is 16.8 Å². The Morgan fingerprint density at radius 2 is 2.09 bits per heavy atom. The average molecular weight is 300 g/mol. The Morgan fingerprint density at radius 1 is 1.36 bits per heavy atom. The van der Waals surface area contributed by atoms with Gasteiger partial charge in [-0.05, 0) is 5.56 Å². The van der Waals surface area contributed by atoms with Crippen molar-refractivity contribution in [1.29, 1.82) is 0 Å². The Labute approximate surface area is 123 Å². The van der Waals surface area contributed by atoms with Crippen molar-refractivity contribution < 1.29 is 15.4 Å². The van der Waals surface area contributed by atoms with Crippen molar-refractivity contribution in [3.63, 3.8) is 0 Å². The number of nitrogens with one attached hydrogen (secondary N) is 1. The number of hydrogen-bond acceptors (Lipinski definition) is 4. The standard InChI is InChI=1S/C14H10N4O3.H2O/c15-9-6-3-1-2-4-7(6)10-11(9)18-5-8(14(20)21)16-12(18)13(19)17-10;/h1-5,9H,15H2,(H,17,19)(H,20,21);1H2. The topological polar surface area (TPSA) is 145 Å². The molecule has 1 aromatic carbocycles. The summed E-state index contributed by atoms with van der Waals surface area (Å²) in [6.45, 7) is 0. The Balaban J connectivity index is 0.00000144. The first-order chi connectivity index (χ1) is 10.1. The Morgan fingerprint density at radius 3 is 2.82 bits per heavy atom. The molecule has 1 aliphatic rings. The van der Waals surface area contributed by atoms with Crippen molar-refractivity contribution in [2.45, 2.75) is 6.04 Å². The molecule has 4 rings (SSSR count). The van der Waals surface area contributed by atoms with Gasteiger partial charge in [-0.15, -0.1) is 0 Å². The second kappa shape index (κ2) is 4.52. The van der Waals surface area contributed by atoms with E-state index in [1.807, 2.05) is 24.3 Å². The molecule has 8 nitrogen and oxygen atoms in total. The third-order valence-corrected chi connectivity index (χ3v) is 3.74. The second-order valence-corrected chi connectivity index (χ2v) is 4.90. The van der Waals surface area contributed by atoms with Gasteiger partial charge >= 0.3 is 5.97 Å². The maximum Gasteiger partial charge on any atom is 0.356 e. The van der Waals surface area contributed by atoms with E-state index >= 15 is 0 Å². The molecule has 112 valence electrons. The summed E-state index contributed by atoms with van der Waals surface area (Å²) in [7, 11) is 0. The molecule has 22 heavy (non-hydrogen) atoms. The molecule has 0 aliphatic heterocycles. The van der Waals surface area contributed by atoms with Crippen LogP contribution in [0, 0.1) is 0 Å². The number of aromatic amines is 1. The van der Waals surface area contributed by atoms with Gasteiger partial charge in [-0.25, -0.2) is 9.78 Å². The van der Waals surface area contributed by atoms with Crippen molar-refractivity contribution in [1.82, 2.24) is 14.4 Å². The number of aromatic nitrogens is 3. The number of rotatable bonds is 1. The van der Waals surface area contributed by atoms with Crippen LogP contribution >= 0.6 is 0 Å². The molecule has 0 amide bonds. The fraction of sp³-hybridized carbons (Fsp3) is 0.0714. The zero-order valence-corrected chi connectivity index (χ0v) is 11.2. The quantitative estimate of drug-likeness (QED) is 0.575. The molecule has 0 saturated carbocycles. The fourth-order valence-corrected chi connectivity index (χ4v) is 2.83. The third kappa shape index (κ3) is 1.62. The van der Waals surface area contributed by atoms with Gasteiger partial charge in [0.1, 0.15) is 0 Å². The van der Waals surface area contributed by atoms with Gasteiger partial charge in [0, 0.05) is 11.8 Å². The highest BCUT2D eigenvalue weighted by Crippen LogP contribution is 2.40.